The van der Waals surface area contributed by atoms with Crippen LogP contribution in [0.15, 0.2) is 22.7 Å². The van der Waals surface area contributed by atoms with Crippen LogP contribution in [0, 0.1) is 0 Å². The Bertz CT molecular complexity index is 505. The van der Waals surface area contributed by atoms with E-state index in [9.17, 15) is 9.59 Å². The maximum absolute atomic E-state index is 11.6. The first-order valence-electron chi connectivity index (χ1n) is 5.95. The average Bonchev–Trinajstić information content (AvgIpc) is 2.34. The lowest BCUT2D eigenvalue weighted by molar-refractivity contribution is -0.157. The number of benzene rings is 1. The van der Waals surface area contributed by atoms with Gasteiger partial charge in [-0.1, -0.05) is 15.9 Å². The predicted octanol–water partition coefficient (Wildman–Crippen LogP) is 2.96. The van der Waals surface area contributed by atoms with Crippen LogP contribution in [0.2, 0.25) is 0 Å². The monoisotopic (exact) mass is 344 g/mol. The van der Waals surface area contributed by atoms with Crippen LogP contribution >= 0.6 is 15.9 Å². The molecule has 0 atom stereocenters. The number of methoxy groups -OCH3 is 1. The van der Waals surface area contributed by atoms with Gasteiger partial charge in [0.1, 0.15) is 16.9 Å². The van der Waals surface area contributed by atoms with E-state index >= 15 is 0 Å². The lowest BCUT2D eigenvalue weighted by Crippen LogP contribution is -2.27. The highest BCUT2D eigenvalue weighted by Crippen LogP contribution is 2.24. The summed E-state index contributed by atoms with van der Waals surface area (Å²) in [5, 5.41) is 0. The summed E-state index contributed by atoms with van der Waals surface area (Å²) in [6, 6.07) is 4.85. The summed E-state index contributed by atoms with van der Waals surface area (Å²) in [5.41, 5.74) is -0.337. The highest BCUT2D eigenvalue weighted by molar-refractivity contribution is 9.10. The molecule has 0 saturated carbocycles. The molecule has 0 aliphatic rings. The topological polar surface area (TPSA) is 61.8 Å². The lowest BCUT2D eigenvalue weighted by atomic mass is 10.2. The third kappa shape index (κ3) is 5.21. The van der Waals surface area contributed by atoms with E-state index in [0.29, 0.717) is 4.47 Å². The molecule has 0 bridgehead atoms. The Morgan fingerprint density at radius 2 is 1.90 bits per heavy atom. The first-order valence-corrected chi connectivity index (χ1v) is 6.75. The van der Waals surface area contributed by atoms with Gasteiger partial charge in [-0.3, -0.25) is 0 Å². The fraction of sp³-hybridized carbons (Fsp3) is 0.429. The molecular formula is C14H17BrO5. The number of ether oxygens (including phenoxy) is 3. The molecule has 0 aliphatic carbocycles. The second-order valence-electron chi connectivity index (χ2n) is 5.01. The van der Waals surface area contributed by atoms with Crippen LogP contribution < -0.4 is 4.74 Å². The highest BCUT2D eigenvalue weighted by Gasteiger charge is 2.19. The van der Waals surface area contributed by atoms with Gasteiger partial charge in [0.25, 0.3) is 0 Å². The van der Waals surface area contributed by atoms with E-state index < -0.39 is 17.5 Å². The Hall–Kier alpha value is -1.56. The molecule has 0 unspecified atom stereocenters. The molecule has 1 aromatic rings. The summed E-state index contributed by atoms with van der Waals surface area (Å²) in [5.74, 6) is -0.771. The number of carbonyl (C=O) groups is 2. The van der Waals surface area contributed by atoms with Gasteiger partial charge in [0.05, 0.1) is 7.11 Å². The number of halogens is 1. The molecule has 0 aliphatic heterocycles. The highest BCUT2D eigenvalue weighted by atomic mass is 79.9. The van der Waals surface area contributed by atoms with Gasteiger partial charge in [-0.15, -0.1) is 0 Å². The summed E-state index contributed by atoms with van der Waals surface area (Å²) in [7, 11) is 1.28. The van der Waals surface area contributed by atoms with Crippen molar-refractivity contribution >= 4 is 27.9 Å². The van der Waals surface area contributed by atoms with Gasteiger partial charge in [0, 0.05) is 4.47 Å². The van der Waals surface area contributed by atoms with E-state index in [1.807, 2.05) is 0 Å². The molecule has 0 amide bonds. The molecule has 110 valence electrons. The second-order valence-corrected chi connectivity index (χ2v) is 5.92. The fourth-order valence-electron chi connectivity index (χ4n) is 1.41. The molecule has 0 N–H and O–H groups in total. The summed E-state index contributed by atoms with van der Waals surface area (Å²) in [6.07, 6.45) is 0. The molecule has 1 aromatic carbocycles. The van der Waals surface area contributed by atoms with Crippen LogP contribution in [-0.2, 0) is 14.3 Å². The molecule has 0 aromatic heterocycles. The van der Waals surface area contributed by atoms with Gasteiger partial charge in [-0.2, -0.15) is 0 Å². The van der Waals surface area contributed by atoms with Gasteiger partial charge < -0.3 is 14.2 Å². The molecule has 1 rings (SSSR count). The van der Waals surface area contributed by atoms with Gasteiger partial charge in [0.2, 0.25) is 0 Å². The van der Waals surface area contributed by atoms with Crippen molar-refractivity contribution in [2.75, 3.05) is 13.7 Å². The molecule has 6 heteroatoms. The number of hydrogen-bond acceptors (Lipinski definition) is 5. The molecule has 0 spiro atoms. The normalized spacial score (nSPS) is 10.8. The molecule has 0 saturated heterocycles. The van der Waals surface area contributed by atoms with E-state index in [2.05, 4.69) is 20.7 Å². The van der Waals surface area contributed by atoms with Crippen LogP contribution in [0.25, 0.3) is 0 Å². The molecule has 0 heterocycles. The van der Waals surface area contributed by atoms with Crippen LogP contribution in [-0.4, -0.2) is 31.3 Å². The van der Waals surface area contributed by atoms with E-state index in [0.717, 1.165) is 0 Å². The van der Waals surface area contributed by atoms with E-state index in [4.69, 9.17) is 9.47 Å². The molecule has 0 fully saturated rings. The van der Waals surface area contributed by atoms with Crippen molar-refractivity contribution in [3.8, 4) is 5.75 Å². The Balaban J connectivity index is 2.78. The van der Waals surface area contributed by atoms with Crippen molar-refractivity contribution in [1.82, 2.24) is 0 Å². The lowest BCUT2D eigenvalue weighted by Gasteiger charge is -2.19. The summed E-state index contributed by atoms with van der Waals surface area (Å²) < 4.78 is 15.8. The summed E-state index contributed by atoms with van der Waals surface area (Å²) >= 11 is 3.26. The largest absolute Gasteiger partial charge is 0.481 e. The van der Waals surface area contributed by atoms with Gasteiger partial charge >= 0.3 is 11.9 Å². The minimum Gasteiger partial charge on any atom is -0.481 e. The van der Waals surface area contributed by atoms with Gasteiger partial charge in [0.15, 0.2) is 6.61 Å². The van der Waals surface area contributed by atoms with Crippen molar-refractivity contribution < 1.29 is 23.8 Å². The first-order chi connectivity index (χ1) is 9.23. The molecule has 0 radical (unpaired) electrons. The fourth-order valence-corrected chi connectivity index (χ4v) is 1.77. The second kappa shape index (κ2) is 6.74. The van der Waals surface area contributed by atoms with Gasteiger partial charge in [-0.05, 0) is 39.0 Å². The Kier molecular flexibility index (Phi) is 5.56. The average molecular weight is 345 g/mol. The number of carbonyl (C=O) groups excluding carboxylic acids is 2. The number of rotatable bonds is 4. The maximum Gasteiger partial charge on any atom is 0.344 e. The smallest absolute Gasteiger partial charge is 0.344 e. The molecular weight excluding hydrogens is 328 g/mol. The minimum atomic E-state index is -0.578. The van der Waals surface area contributed by atoms with Crippen molar-refractivity contribution in [2.45, 2.75) is 26.4 Å². The minimum absolute atomic E-state index is 0.241. The zero-order valence-electron chi connectivity index (χ0n) is 11.9. The maximum atomic E-state index is 11.6. The third-order valence-corrected chi connectivity index (χ3v) is 2.61. The Labute approximate surface area is 126 Å². The van der Waals surface area contributed by atoms with Crippen molar-refractivity contribution in [1.29, 1.82) is 0 Å². The molecule has 20 heavy (non-hydrogen) atoms. The summed E-state index contributed by atoms with van der Waals surface area (Å²) in [4.78, 5) is 23.2. The quantitative estimate of drug-likeness (QED) is 0.785. The van der Waals surface area contributed by atoms with Crippen molar-refractivity contribution in [2.24, 2.45) is 0 Å². The zero-order valence-corrected chi connectivity index (χ0v) is 13.4. The van der Waals surface area contributed by atoms with Crippen LogP contribution in [0.5, 0.6) is 5.75 Å². The SMILES string of the molecule is COC(=O)c1cc(Br)ccc1OCC(=O)OC(C)(C)C. The number of esters is 2. The predicted molar refractivity (Wildman–Crippen MR) is 76.8 cm³/mol. The number of hydrogen-bond donors (Lipinski definition) is 0. The van der Waals surface area contributed by atoms with Crippen molar-refractivity contribution in [3.05, 3.63) is 28.2 Å². The van der Waals surface area contributed by atoms with Crippen LogP contribution in [0.3, 0.4) is 0 Å². The Morgan fingerprint density at radius 3 is 2.45 bits per heavy atom. The van der Waals surface area contributed by atoms with Gasteiger partial charge in [-0.25, -0.2) is 9.59 Å². The summed E-state index contributed by atoms with van der Waals surface area (Å²) in [6.45, 7) is 5.03. The van der Waals surface area contributed by atoms with Crippen molar-refractivity contribution in [3.63, 3.8) is 0 Å². The molecule has 5 nitrogen and oxygen atoms in total. The van der Waals surface area contributed by atoms with E-state index in [-0.39, 0.29) is 17.9 Å². The van der Waals surface area contributed by atoms with Crippen LogP contribution in [0.4, 0.5) is 0 Å². The third-order valence-electron chi connectivity index (χ3n) is 2.11. The zero-order chi connectivity index (χ0) is 15.3. The van der Waals surface area contributed by atoms with Crippen LogP contribution in [0.1, 0.15) is 31.1 Å². The Morgan fingerprint density at radius 1 is 1.25 bits per heavy atom. The van der Waals surface area contributed by atoms with E-state index in [1.165, 1.54) is 7.11 Å². The first kappa shape index (κ1) is 16.5. The standard InChI is InChI=1S/C14H17BrO5/c1-14(2,3)20-12(16)8-19-11-6-5-9(15)7-10(11)13(17)18-4/h5-7H,8H2,1-4H3. The van der Waals surface area contributed by atoms with E-state index in [1.54, 1.807) is 39.0 Å².